The van der Waals surface area contributed by atoms with Crippen molar-refractivity contribution in [1.82, 2.24) is 0 Å². The van der Waals surface area contributed by atoms with Crippen LogP contribution in [0.4, 0.5) is 4.39 Å². The van der Waals surface area contributed by atoms with E-state index >= 15 is 0 Å². The van der Waals surface area contributed by atoms with Gasteiger partial charge in [-0.2, -0.15) is 12.6 Å². The number of halogens is 1. The number of ether oxygens (including phenoxy) is 1. The predicted octanol–water partition coefficient (Wildman–Crippen LogP) is 2.70. The molecule has 0 N–H and O–H groups in total. The van der Waals surface area contributed by atoms with Crippen LogP contribution in [-0.2, 0) is 11.2 Å². The first-order chi connectivity index (χ1) is 7.25. The molecule has 1 saturated heterocycles. The van der Waals surface area contributed by atoms with E-state index in [4.69, 9.17) is 4.74 Å². The number of hydrogen-bond donors (Lipinski definition) is 1. The van der Waals surface area contributed by atoms with Crippen LogP contribution >= 0.6 is 12.6 Å². The van der Waals surface area contributed by atoms with Crippen molar-refractivity contribution in [2.45, 2.75) is 18.1 Å². The zero-order valence-electron chi connectivity index (χ0n) is 8.53. The summed E-state index contributed by atoms with van der Waals surface area (Å²) in [6.45, 7) is 1.58. The van der Waals surface area contributed by atoms with Crippen molar-refractivity contribution in [3.05, 3.63) is 35.6 Å². The summed E-state index contributed by atoms with van der Waals surface area (Å²) in [6, 6.07) is 6.69. The molecule has 2 rings (SSSR count). The minimum atomic E-state index is -0.180. The summed E-state index contributed by atoms with van der Waals surface area (Å²) < 4.78 is 18.1. The van der Waals surface area contributed by atoms with E-state index in [-0.39, 0.29) is 5.82 Å². The van der Waals surface area contributed by atoms with Crippen LogP contribution < -0.4 is 0 Å². The highest BCUT2D eigenvalue weighted by Crippen LogP contribution is 2.23. The average molecular weight is 226 g/mol. The van der Waals surface area contributed by atoms with E-state index < -0.39 is 0 Å². The summed E-state index contributed by atoms with van der Waals surface area (Å²) in [6.07, 6.45) is 1.93. The zero-order chi connectivity index (χ0) is 10.7. The summed E-state index contributed by atoms with van der Waals surface area (Å²) >= 11 is 4.55. The molecule has 15 heavy (non-hydrogen) atoms. The van der Waals surface area contributed by atoms with Gasteiger partial charge in [0.15, 0.2) is 0 Å². The molecule has 0 amide bonds. The maximum absolute atomic E-state index is 12.7. The van der Waals surface area contributed by atoms with Gasteiger partial charge >= 0.3 is 0 Å². The Kier molecular flexibility index (Phi) is 3.65. The van der Waals surface area contributed by atoms with E-state index in [1.54, 1.807) is 0 Å². The summed E-state index contributed by atoms with van der Waals surface area (Å²) in [4.78, 5) is 0. The third kappa shape index (κ3) is 2.95. The Hall–Kier alpha value is -0.540. The number of thiol groups is 1. The lowest BCUT2D eigenvalue weighted by Gasteiger charge is -2.28. The molecule has 0 saturated carbocycles. The van der Waals surface area contributed by atoms with Gasteiger partial charge in [0.1, 0.15) is 5.82 Å². The molecular weight excluding hydrogens is 211 g/mol. The molecule has 1 aromatic carbocycles. The largest absolute Gasteiger partial charge is 0.381 e. The molecule has 3 heteroatoms. The van der Waals surface area contributed by atoms with Crippen LogP contribution in [0.3, 0.4) is 0 Å². The van der Waals surface area contributed by atoms with Crippen molar-refractivity contribution >= 4 is 12.6 Å². The fourth-order valence-corrected chi connectivity index (χ4v) is 2.20. The highest BCUT2D eigenvalue weighted by molar-refractivity contribution is 7.81. The molecule has 1 aliphatic rings. The fraction of sp³-hybridized carbons (Fsp3) is 0.500. The van der Waals surface area contributed by atoms with Gasteiger partial charge in [0, 0.05) is 11.9 Å². The number of benzene rings is 1. The normalized spacial score (nSPS) is 26.5. The molecule has 1 aliphatic heterocycles. The molecule has 2 atom stereocenters. The smallest absolute Gasteiger partial charge is 0.123 e. The third-order valence-corrected chi connectivity index (χ3v) is 3.53. The Morgan fingerprint density at radius 1 is 1.33 bits per heavy atom. The molecule has 1 heterocycles. The van der Waals surface area contributed by atoms with Crippen molar-refractivity contribution in [2.75, 3.05) is 13.2 Å². The van der Waals surface area contributed by atoms with Crippen LogP contribution in [0.2, 0.25) is 0 Å². The lowest BCUT2D eigenvalue weighted by molar-refractivity contribution is 0.0596. The lowest BCUT2D eigenvalue weighted by atomic mass is 9.94. The standard InChI is InChI=1S/C12H15FOS/c13-11-3-1-9(2-4-11)7-10-8-14-6-5-12(10)15/h1-4,10,12,15H,5-8H2/t10-,12+/m1/s1. The van der Waals surface area contributed by atoms with Crippen LogP contribution in [0.25, 0.3) is 0 Å². The Labute approximate surface area is 95.0 Å². The molecule has 0 spiro atoms. The molecule has 0 radical (unpaired) electrons. The minimum absolute atomic E-state index is 0.180. The van der Waals surface area contributed by atoms with E-state index in [2.05, 4.69) is 12.6 Å². The van der Waals surface area contributed by atoms with Gasteiger partial charge in [-0.3, -0.25) is 0 Å². The van der Waals surface area contributed by atoms with E-state index in [1.165, 1.54) is 12.1 Å². The topological polar surface area (TPSA) is 9.23 Å². The first-order valence-corrected chi connectivity index (χ1v) is 5.77. The van der Waals surface area contributed by atoms with Gasteiger partial charge in [0.05, 0.1) is 6.61 Å². The second-order valence-corrected chi connectivity index (χ2v) is 4.68. The minimum Gasteiger partial charge on any atom is -0.381 e. The molecule has 0 bridgehead atoms. The molecule has 0 unspecified atom stereocenters. The summed E-state index contributed by atoms with van der Waals surface area (Å²) in [5, 5.41) is 0.406. The first-order valence-electron chi connectivity index (χ1n) is 5.26. The summed E-state index contributed by atoms with van der Waals surface area (Å²) in [7, 11) is 0. The Morgan fingerprint density at radius 2 is 2.07 bits per heavy atom. The predicted molar refractivity (Wildman–Crippen MR) is 61.8 cm³/mol. The second kappa shape index (κ2) is 4.99. The Bertz CT molecular complexity index is 312. The van der Waals surface area contributed by atoms with Crippen LogP contribution in [0, 0.1) is 11.7 Å². The quantitative estimate of drug-likeness (QED) is 0.763. The van der Waals surface area contributed by atoms with E-state index in [1.807, 2.05) is 12.1 Å². The van der Waals surface area contributed by atoms with Crippen molar-refractivity contribution < 1.29 is 9.13 Å². The maximum atomic E-state index is 12.7. The van der Waals surface area contributed by atoms with Gasteiger partial charge in [0.25, 0.3) is 0 Å². The highest BCUT2D eigenvalue weighted by Gasteiger charge is 2.22. The Balaban J connectivity index is 1.98. The molecular formula is C12H15FOS. The first kappa shape index (κ1) is 11.0. The number of hydrogen-bond acceptors (Lipinski definition) is 2. The van der Waals surface area contributed by atoms with Gasteiger partial charge in [0.2, 0.25) is 0 Å². The van der Waals surface area contributed by atoms with Crippen molar-refractivity contribution in [3.63, 3.8) is 0 Å². The second-order valence-electron chi connectivity index (χ2n) is 4.02. The SMILES string of the molecule is Fc1ccc(C[C@@H]2COCC[C@@H]2S)cc1. The van der Waals surface area contributed by atoms with E-state index in [0.717, 1.165) is 31.6 Å². The van der Waals surface area contributed by atoms with Crippen molar-refractivity contribution in [2.24, 2.45) is 5.92 Å². The molecule has 0 aromatic heterocycles. The van der Waals surface area contributed by atoms with Crippen LogP contribution in [0.1, 0.15) is 12.0 Å². The average Bonchev–Trinajstić information content (AvgIpc) is 2.25. The molecule has 0 aliphatic carbocycles. The van der Waals surface area contributed by atoms with Crippen LogP contribution in [0.15, 0.2) is 24.3 Å². The summed E-state index contributed by atoms with van der Waals surface area (Å²) in [5.74, 6) is 0.272. The zero-order valence-corrected chi connectivity index (χ0v) is 9.42. The van der Waals surface area contributed by atoms with Gasteiger partial charge in [-0.1, -0.05) is 12.1 Å². The number of rotatable bonds is 2. The monoisotopic (exact) mass is 226 g/mol. The van der Waals surface area contributed by atoms with Gasteiger partial charge in [-0.15, -0.1) is 0 Å². The van der Waals surface area contributed by atoms with Crippen molar-refractivity contribution in [1.29, 1.82) is 0 Å². The van der Waals surface area contributed by atoms with Crippen LogP contribution in [0.5, 0.6) is 0 Å². The maximum Gasteiger partial charge on any atom is 0.123 e. The van der Waals surface area contributed by atoms with Crippen LogP contribution in [-0.4, -0.2) is 18.5 Å². The van der Waals surface area contributed by atoms with Crippen molar-refractivity contribution in [3.8, 4) is 0 Å². The van der Waals surface area contributed by atoms with Gasteiger partial charge in [-0.05, 0) is 36.5 Å². The third-order valence-electron chi connectivity index (χ3n) is 2.85. The Morgan fingerprint density at radius 3 is 2.73 bits per heavy atom. The van der Waals surface area contributed by atoms with Gasteiger partial charge < -0.3 is 4.74 Å². The fourth-order valence-electron chi connectivity index (χ4n) is 1.90. The molecule has 1 nitrogen and oxygen atoms in total. The molecule has 82 valence electrons. The summed E-state index contributed by atoms with van der Waals surface area (Å²) in [5.41, 5.74) is 1.16. The lowest BCUT2D eigenvalue weighted by Crippen LogP contribution is -2.29. The van der Waals surface area contributed by atoms with E-state index in [9.17, 15) is 4.39 Å². The van der Waals surface area contributed by atoms with E-state index in [0.29, 0.717) is 11.2 Å². The van der Waals surface area contributed by atoms with Gasteiger partial charge in [-0.25, -0.2) is 4.39 Å². The highest BCUT2D eigenvalue weighted by atomic mass is 32.1. The molecule has 1 fully saturated rings. The molecule has 1 aromatic rings.